The highest BCUT2D eigenvalue weighted by atomic mass is 35.5. The second-order valence-corrected chi connectivity index (χ2v) is 6.37. The predicted octanol–water partition coefficient (Wildman–Crippen LogP) is 3.19. The van der Waals surface area contributed by atoms with E-state index in [0.717, 1.165) is 12.8 Å². The molecule has 3 rings (SSSR count). The molecule has 2 aromatic rings. The largest absolute Gasteiger partial charge is 0.493 e. The fourth-order valence-corrected chi connectivity index (χ4v) is 3.03. The molecule has 2 heterocycles. The van der Waals surface area contributed by atoms with E-state index in [1.54, 1.807) is 42.6 Å². The summed E-state index contributed by atoms with van der Waals surface area (Å²) in [6.07, 6.45) is 4.82. The Bertz CT molecular complexity index is 756. The molecule has 26 heavy (non-hydrogen) atoms. The number of rotatable bonds is 6. The fraction of sp³-hybridized carbons (Fsp3) is 0.368. The molecule has 1 amide bonds. The van der Waals surface area contributed by atoms with Crippen LogP contribution in [0.3, 0.4) is 0 Å². The first-order chi connectivity index (χ1) is 12.7. The molecule has 0 radical (unpaired) electrons. The number of piperidine rings is 1. The van der Waals surface area contributed by atoms with Gasteiger partial charge in [0.25, 0.3) is 5.91 Å². The van der Waals surface area contributed by atoms with Crippen LogP contribution in [0, 0.1) is 0 Å². The molecule has 7 heteroatoms. The van der Waals surface area contributed by atoms with E-state index in [-0.39, 0.29) is 18.6 Å². The summed E-state index contributed by atoms with van der Waals surface area (Å²) in [7, 11) is 1.57. The van der Waals surface area contributed by atoms with Gasteiger partial charge in [-0.15, -0.1) is 0 Å². The van der Waals surface area contributed by atoms with Crippen molar-refractivity contribution in [2.24, 2.45) is 0 Å². The number of carbonyl (C=O) groups excluding carboxylic acids is 1. The molecule has 1 aliphatic heterocycles. The van der Waals surface area contributed by atoms with Crippen LogP contribution in [0.5, 0.6) is 17.2 Å². The van der Waals surface area contributed by atoms with E-state index < -0.39 is 0 Å². The highest BCUT2D eigenvalue weighted by molar-refractivity contribution is 6.31. The van der Waals surface area contributed by atoms with Crippen molar-refractivity contribution in [3.63, 3.8) is 0 Å². The number of carbonyl (C=O) groups is 1. The van der Waals surface area contributed by atoms with E-state index in [4.69, 9.17) is 25.8 Å². The monoisotopic (exact) mass is 376 g/mol. The molecular weight excluding hydrogens is 356 g/mol. The zero-order valence-corrected chi connectivity index (χ0v) is 15.3. The average Bonchev–Trinajstić information content (AvgIpc) is 2.68. The van der Waals surface area contributed by atoms with E-state index in [2.05, 4.69) is 4.98 Å². The number of halogens is 1. The average molecular weight is 377 g/mol. The minimum absolute atomic E-state index is 0.0386. The van der Waals surface area contributed by atoms with E-state index in [9.17, 15) is 4.79 Å². The molecule has 1 aliphatic rings. The van der Waals surface area contributed by atoms with Gasteiger partial charge in [0, 0.05) is 25.0 Å². The first-order valence-electron chi connectivity index (χ1n) is 8.47. The number of methoxy groups -OCH3 is 1. The summed E-state index contributed by atoms with van der Waals surface area (Å²) in [5.74, 6) is 1.67. The lowest BCUT2D eigenvalue weighted by atomic mass is 10.1. The van der Waals surface area contributed by atoms with Crippen LogP contribution in [-0.2, 0) is 4.79 Å². The first kappa shape index (κ1) is 18.3. The number of hydrogen-bond donors (Lipinski definition) is 0. The number of ether oxygens (including phenoxy) is 3. The Morgan fingerprint density at radius 2 is 2.08 bits per heavy atom. The molecular formula is C19H21ClN2O4. The van der Waals surface area contributed by atoms with Gasteiger partial charge in [0.15, 0.2) is 18.1 Å². The van der Waals surface area contributed by atoms with Crippen LogP contribution in [0.25, 0.3) is 0 Å². The Kier molecular flexibility index (Phi) is 6.17. The maximum atomic E-state index is 12.5. The van der Waals surface area contributed by atoms with Crippen LogP contribution in [0.2, 0.25) is 5.02 Å². The van der Waals surface area contributed by atoms with Crippen LogP contribution < -0.4 is 14.2 Å². The molecule has 0 unspecified atom stereocenters. The Morgan fingerprint density at radius 3 is 2.85 bits per heavy atom. The molecule has 0 bridgehead atoms. The number of pyridine rings is 1. The van der Waals surface area contributed by atoms with E-state index in [1.165, 1.54) is 0 Å². The molecule has 1 aromatic carbocycles. The van der Waals surface area contributed by atoms with Crippen LogP contribution in [-0.4, -0.2) is 48.7 Å². The number of aromatic nitrogens is 1. The number of hydrogen-bond acceptors (Lipinski definition) is 5. The molecule has 0 spiro atoms. The van der Waals surface area contributed by atoms with Crippen molar-refractivity contribution in [1.82, 2.24) is 9.88 Å². The van der Waals surface area contributed by atoms with Crippen molar-refractivity contribution in [3.8, 4) is 17.2 Å². The van der Waals surface area contributed by atoms with Crippen LogP contribution >= 0.6 is 11.6 Å². The minimum atomic E-state index is -0.0983. The van der Waals surface area contributed by atoms with Gasteiger partial charge in [-0.25, -0.2) is 0 Å². The Labute approximate surface area is 157 Å². The predicted molar refractivity (Wildman–Crippen MR) is 98.0 cm³/mol. The third kappa shape index (κ3) is 4.58. The normalized spacial score (nSPS) is 16.8. The number of nitrogens with zero attached hydrogens (tertiary/aromatic N) is 2. The molecule has 1 fully saturated rings. The van der Waals surface area contributed by atoms with E-state index in [0.29, 0.717) is 35.4 Å². The topological polar surface area (TPSA) is 60.9 Å². The smallest absolute Gasteiger partial charge is 0.260 e. The maximum Gasteiger partial charge on any atom is 0.260 e. The lowest BCUT2D eigenvalue weighted by Gasteiger charge is -2.33. The molecule has 138 valence electrons. The third-order valence-corrected chi connectivity index (χ3v) is 4.46. The summed E-state index contributed by atoms with van der Waals surface area (Å²) in [6.45, 7) is 1.16. The third-order valence-electron chi connectivity index (χ3n) is 4.18. The Morgan fingerprint density at radius 1 is 1.27 bits per heavy atom. The van der Waals surface area contributed by atoms with E-state index in [1.807, 2.05) is 12.1 Å². The van der Waals surface area contributed by atoms with Crippen molar-refractivity contribution < 1.29 is 19.0 Å². The number of benzene rings is 1. The summed E-state index contributed by atoms with van der Waals surface area (Å²) in [5, 5.41) is 0.468. The zero-order valence-electron chi connectivity index (χ0n) is 14.6. The molecule has 1 aromatic heterocycles. The van der Waals surface area contributed by atoms with Crippen molar-refractivity contribution >= 4 is 17.5 Å². The summed E-state index contributed by atoms with van der Waals surface area (Å²) < 4.78 is 16.8. The highest BCUT2D eigenvalue weighted by Crippen LogP contribution is 2.27. The van der Waals surface area contributed by atoms with E-state index >= 15 is 0 Å². The quantitative estimate of drug-likeness (QED) is 0.774. The molecule has 1 saturated heterocycles. The van der Waals surface area contributed by atoms with Crippen molar-refractivity contribution in [2.75, 3.05) is 26.8 Å². The molecule has 0 saturated carbocycles. The lowest BCUT2D eigenvalue weighted by molar-refractivity contribution is -0.136. The van der Waals surface area contributed by atoms with Gasteiger partial charge in [-0.1, -0.05) is 23.7 Å². The van der Waals surface area contributed by atoms with Crippen molar-refractivity contribution in [2.45, 2.75) is 18.9 Å². The maximum absolute atomic E-state index is 12.5. The summed E-state index contributed by atoms with van der Waals surface area (Å²) in [4.78, 5) is 18.2. The fourth-order valence-electron chi connectivity index (χ4n) is 2.87. The molecule has 0 N–H and O–H groups in total. The Balaban J connectivity index is 1.55. The first-order valence-corrected chi connectivity index (χ1v) is 8.85. The van der Waals surface area contributed by atoms with Gasteiger partial charge < -0.3 is 19.1 Å². The number of likely N-dealkylation sites (tertiary alicyclic amines) is 1. The summed E-state index contributed by atoms with van der Waals surface area (Å²) in [6, 6.07) is 8.99. The van der Waals surface area contributed by atoms with Crippen LogP contribution in [0.1, 0.15) is 12.8 Å². The second-order valence-electron chi connectivity index (χ2n) is 5.97. The molecule has 6 nitrogen and oxygen atoms in total. The van der Waals surface area contributed by atoms with Crippen molar-refractivity contribution in [3.05, 3.63) is 47.7 Å². The minimum Gasteiger partial charge on any atom is -0.493 e. The van der Waals surface area contributed by atoms with Gasteiger partial charge in [-0.3, -0.25) is 9.78 Å². The second kappa shape index (κ2) is 8.76. The van der Waals surface area contributed by atoms with Gasteiger partial charge in [0.1, 0.15) is 16.9 Å². The SMILES string of the molecule is COc1ccccc1OCC(=O)N1CCC[C@@H](Oc2ccncc2Cl)C1. The Hall–Kier alpha value is -2.47. The summed E-state index contributed by atoms with van der Waals surface area (Å²) in [5.41, 5.74) is 0. The zero-order chi connectivity index (χ0) is 18.4. The van der Waals surface area contributed by atoms with Crippen LogP contribution in [0.4, 0.5) is 0 Å². The van der Waals surface area contributed by atoms with Gasteiger partial charge >= 0.3 is 0 Å². The summed E-state index contributed by atoms with van der Waals surface area (Å²) >= 11 is 6.09. The van der Waals surface area contributed by atoms with Gasteiger partial charge in [0.2, 0.25) is 0 Å². The van der Waals surface area contributed by atoms with Gasteiger partial charge in [-0.05, 0) is 25.0 Å². The van der Waals surface area contributed by atoms with Crippen LogP contribution in [0.15, 0.2) is 42.7 Å². The van der Waals surface area contributed by atoms with Gasteiger partial charge in [0.05, 0.1) is 13.7 Å². The van der Waals surface area contributed by atoms with Gasteiger partial charge in [-0.2, -0.15) is 0 Å². The number of amides is 1. The number of para-hydroxylation sites is 2. The highest BCUT2D eigenvalue weighted by Gasteiger charge is 2.25. The lowest BCUT2D eigenvalue weighted by Crippen LogP contribution is -2.46. The molecule has 0 aliphatic carbocycles. The molecule has 1 atom stereocenters. The van der Waals surface area contributed by atoms with Crippen molar-refractivity contribution in [1.29, 1.82) is 0 Å². The standard InChI is InChI=1S/C19H21ClN2O4/c1-24-17-6-2-3-7-18(17)25-13-19(23)22-10-4-5-14(12-22)26-16-8-9-21-11-15(16)20/h2-3,6-9,11,14H,4-5,10,12-13H2,1H3/t14-/m1/s1.